The Labute approximate surface area is 107 Å². The summed E-state index contributed by atoms with van der Waals surface area (Å²) >= 11 is 0. The fourth-order valence-corrected chi connectivity index (χ4v) is 2.19. The highest BCUT2D eigenvalue weighted by molar-refractivity contribution is 5.97. The van der Waals surface area contributed by atoms with Gasteiger partial charge in [0.15, 0.2) is 0 Å². The third-order valence-corrected chi connectivity index (χ3v) is 3.50. The van der Waals surface area contributed by atoms with E-state index in [4.69, 9.17) is 4.74 Å². The molecular weight excluding hydrogens is 230 g/mol. The molecule has 1 amide bonds. The number of methoxy groups -OCH3 is 1. The van der Waals surface area contributed by atoms with Crippen molar-refractivity contribution >= 4 is 5.91 Å². The first-order valence-corrected chi connectivity index (χ1v) is 6.15. The topological polar surface area (TPSA) is 49.8 Å². The Morgan fingerprint density at radius 2 is 2.17 bits per heavy atom. The van der Waals surface area contributed by atoms with E-state index in [0.717, 1.165) is 5.56 Å². The van der Waals surface area contributed by atoms with Gasteiger partial charge in [0.25, 0.3) is 5.91 Å². The SMILES string of the molecule is CCC1(O)CN(C(=O)c2cc(C)ccc2OC)C1. The Morgan fingerprint density at radius 3 is 2.72 bits per heavy atom. The van der Waals surface area contributed by atoms with Gasteiger partial charge in [0.05, 0.1) is 31.4 Å². The molecule has 98 valence electrons. The summed E-state index contributed by atoms with van der Waals surface area (Å²) in [5, 5.41) is 9.94. The van der Waals surface area contributed by atoms with E-state index in [1.807, 2.05) is 26.0 Å². The molecule has 0 bridgehead atoms. The molecule has 0 spiro atoms. The van der Waals surface area contributed by atoms with Crippen molar-refractivity contribution in [2.45, 2.75) is 25.9 Å². The highest BCUT2D eigenvalue weighted by atomic mass is 16.5. The molecule has 1 aliphatic rings. The number of β-amino-alcohol motifs (C(OH)–C–C–N with tert-alkyl or cyclic N) is 1. The minimum absolute atomic E-state index is 0.0753. The third kappa shape index (κ3) is 2.20. The Bertz CT molecular complexity index is 464. The first kappa shape index (κ1) is 12.9. The van der Waals surface area contributed by atoms with E-state index in [1.54, 1.807) is 18.1 Å². The van der Waals surface area contributed by atoms with E-state index in [-0.39, 0.29) is 5.91 Å². The number of hydrogen-bond donors (Lipinski definition) is 1. The Balaban J connectivity index is 2.18. The number of aliphatic hydroxyl groups is 1. The van der Waals surface area contributed by atoms with Gasteiger partial charge in [0.1, 0.15) is 5.75 Å². The summed E-state index contributed by atoms with van der Waals surface area (Å²) in [6.07, 6.45) is 0.668. The lowest BCUT2D eigenvalue weighted by Crippen LogP contribution is -2.63. The molecule has 1 N–H and O–H groups in total. The first-order chi connectivity index (χ1) is 8.49. The molecule has 1 aromatic carbocycles. The summed E-state index contributed by atoms with van der Waals surface area (Å²) < 4.78 is 5.21. The average molecular weight is 249 g/mol. The second-order valence-corrected chi connectivity index (χ2v) is 4.94. The number of ether oxygens (including phenoxy) is 1. The van der Waals surface area contributed by atoms with E-state index in [0.29, 0.717) is 30.8 Å². The van der Waals surface area contributed by atoms with Gasteiger partial charge in [0.2, 0.25) is 0 Å². The van der Waals surface area contributed by atoms with Gasteiger partial charge >= 0.3 is 0 Å². The molecular formula is C14H19NO3. The van der Waals surface area contributed by atoms with Gasteiger partial charge in [-0.3, -0.25) is 4.79 Å². The van der Waals surface area contributed by atoms with E-state index in [9.17, 15) is 9.90 Å². The van der Waals surface area contributed by atoms with Gasteiger partial charge in [-0.1, -0.05) is 18.6 Å². The Kier molecular flexibility index (Phi) is 3.30. The minimum atomic E-state index is -0.702. The highest BCUT2D eigenvalue weighted by Gasteiger charge is 2.42. The predicted octanol–water partition coefficient (Wildman–Crippen LogP) is 1.60. The van der Waals surface area contributed by atoms with Crippen LogP contribution >= 0.6 is 0 Å². The maximum atomic E-state index is 12.3. The smallest absolute Gasteiger partial charge is 0.257 e. The summed E-state index contributed by atoms with van der Waals surface area (Å²) in [7, 11) is 1.56. The summed E-state index contributed by atoms with van der Waals surface area (Å²) in [6, 6.07) is 5.53. The largest absolute Gasteiger partial charge is 0.496 e. The van der Waals surface area contributed by atoms with Crippen molar-refractivity contribution in [3.8, 4) is 5.75 Å². The van der Waals surface area contributed by atoms with Crippen molar-refractivity contribution in [3.05, 3.63) is 29.3 Å². The van der Waals surface area contributed by atoms with Crippen LogP contribution in [0.15, 0.2) is 18.2 Å². The van der Waals surface area contributed by atoms with Gasteiger partial charge in [-0.25, -0.2) is 0 Å². The van der Waals surface area contributed by atoms with Gasteiger partial charge < -0.3 is 14.7 Å². The van der Waals surface area contributed by atoms with Crippen molar-refractivity contribution < 1.29 is 14.6 Å². The van der Waals surface area contributed by atoms with Crippen molar-refractivity contribution in [2.75, 3.05) is 20.2 Å². The van der Waals surface area contributed by atoms with E-state index < -0.39 is 5.60 Å². The fraction of sp³-hybridized carbons (Fsp3) is 0.500. The van der Waals surface area contributed by atoms with E-state index in [1.165, 1.54) is 0 Å². The Morgan fingerprint density at radius 1 is 1.50 bits per heavy atom. The van der Waals surface area contributed by atoms with Crippen LogP contribution in [0.3, 0.4) is 0 Å². The second kappa shape index (κ2) is 4.61. The maximum Gasteiger partial charge on any atom is 0.257 e. The van der Waals surface area contributed by atoms with Crippen LogP contribution in [0.1, 0.15) is 29.3 Å². The Hall–Kier alpha value is -1.55. The summed E-state index contributed by atoms with van der Waals surface area (Å²) in [5.74, 6) is 0.506. The number of hydrogen-bond acceptors (Lipinski definition) is 3. The van der Waals surface area contributed by atoms with Crippen LogP contribution in [0.5, 0.6) is 5.75 Å². The number of nitrogens with zero attached hydrogens (tertiary/aromatic N) is 1. The highest BCUT2D eigenvalue weighted by Crippen LogP contribution is 2.28. The summed E-state index contributed by atoms with van der Waals surface area (Å²) in [4.78, 5) is 14.0. The minimum Gasteiger partial charge on any atom is -0.496 e. The lowest BCUT2D eigenvalue weighted by atomic mass is 9.90. The molecule has 0 atom stereocenters. The molecule has 1 aliphatic heterocycles. The lowest BCUT2D eigenvalue weighted by Gasteiger charge is -2.46. The average Bonchev–Trinajstić information content (AvgIpc) is 2.34. The number of carbonyl (C=O) groups excluding carboxylic acids is 1. The zero-order chi connectivity index (χ0) is 13.3. The molecule has 1 heterocycles. The monoisotopic (exact) mass is 249 g/mol. The van der Waals surface area contributed by atoms with Gasteiger partial charge in [-0.05, 0) is 25.5 Å². The summed E-state index contributed by atoms with van der Waals surface area (Å²) in [6.45, 7) is 4.67. The van der Waals surface area contributed by atoms with Crippen LogP contribution in [0, 0.1) is 6.92 Å². The van der Waals surface area contributed by atoms with Crippen LogP contribution in [0.4, 0.5) is 0 Å². The molecule has 0 aliphatic carbocycles. The van der Waals surface area contributed by atoms with E-state index >= 15 is 0 Å². The zero-order valence-corrected chi connectivity index (χ0v) is 11.1. The molecule has 4 heteroatoms. The van der Waals surface area contributed by atoms with Gasteiger partial charge in [0, 0.05) is 0 Å². The number of amides is 1. The lowest BCUT2D eigenvalue weighted by molar-refractivity contribution is -0.0827. The normalized spacial score (nSPS) is 17.2. The number of likely N-dealkylation sites (tertiary alicyclic amines) is 1. The van der Waals surface area contributed by atoms with Crippen molar-refractivity contribution in [2.24, 2.45) is 0 Å². The molecule has 4 nitrogen and oxygen atoms in total. The maximum absolute atomic E-state index is 12.3. The zero-order valence-electron chi connectivity index (χ0n) is 11.1. The quantitative estimate of drug-likeness (QED) is 0.885. The number of benzene rings is 1. The molecule has 18 heavy (non-hydrogen) atoms. The van der Waals surface area contributed by atoms with Crippen molar-refractivity contribution in [1.82, 2.24) is 4.90 Å². The van der Waals surface area contributed by atoms with Crippen molar-refractivity contribution in [1.29, 1.82) is 0 Å². The standard InChI is InChI=1S/C14H19NO3/c1-4-14(17)8-15(9-14)13(16)11-7-10(2)5-6-12(11)18-3/h5-7,17H,4,8-9H2,1-3H3. The molecule has 1 aromatic rings. The summed E-state index contributed by atoms with van der Waals surface area (Å²) in [5.41, 5.74) is 0.883. The molecule has 0 radical (unpaired) electrons. The van der Waals surface area contributed by atoms with Crippen LogP contribution in [0.25, 0.3) is 0 Å². The van der Waals surface area contributed by atoms with Gasteiger partial charge in [-0.2, -0.15) is 0 Å². The van der Waals surface area contributed by atoms with Crippen molar-refractivity contribution in [3.63, 3.8) is 0 Å². The van der Waals surface area contributed by atoms with Crippen LogP contribution < -0.4 is 4.74 Å². The number of carbonyl (C=O) groups is 1. The molecule has 0 aromatic heterocycles. The fourth-order valence-electron chi connectivity index (χ4n) is 2.19. The van der Waals surface area contributed by atoms with Gasteiger partial charge in [-0.15, -0.1) is 0 Å². The van der Waals surface area contributed by atoms with Crippen LogP contribution in [-0.4, -0.2) is 41.7 Å². The molecule has 0 unspecified atom stereocenters. The van der Waals surface area contributed by atoms with Crippen LogP contribution in [0.2, 0.25) is 0 Å². The number of aryl methyl sites for hydroxylation is 1. The van der Waals surface area contributed by atoms with Crippen LogP contribution in [-0.2, 0) is 0 Å². The first-order valence-electron chi connectivity index (χ1n) is 6.15. The van der Waals surface area contributed by atoms with E-state index in [2.05, 4.69) is 0 Å². The molecule has 2 rings (SSSR count). The molecule has 1 saturated heterocycles. The third-order valence-electron chi connectivity index (χ3n) is 3.50. The second-order valence-electron chi connectivity index (χ2n) is 4.94. The number of rotatable bonds is 3. The molecule has 0 saturated carbocycles. The predicted molar refractivity (Wildman–Crippen MR) is 68.9 cm³/mol. The molecule has 1 fully saturated rings.